The summed E-state index contributed by atoms with van der Waals surface area (Å²) >= 11 is 0. The molecule has 0 spiro atoms. The monoisotopic (exact) mass is 208 g/mol. The Hall–Kier alpha value is -0.520. The lowest BCUT2D eigenvalue weighted by molar-refractivity contribution is 0.351. The highest BCUT2D eigenvalue weighted by Crippen LogP contribution is 2.30. The summed E-state index contributed by atoms with van der Waals surface area (Å²) in [6, 6.07) is 0. The number of hydrogen-bond donors (Lipinski definition) is 0. The summed E-state index contributed by atoms with van der Waals surface area (Å²) in [6.07, 6.45) is 9.40. The van der Waals surface area contributed by atoms with Gasteiger partial charge in [-0.3, -0.25) is 0 Å². The quantitative estimate of drug-likeness (QED) is 0.447. The summed E-state index contributed by atoms with van der Waals surface area (Å²) in [5.41, 5.74) is 1.44. The van der Waals surface area contributed by atoms with Crippen molar-refractivity contribution in [2.45, 2.75) is 59.3 Å². The zero-order valence-corrected chi connectivity index (χ0v) is 10.9. The zero-order valence-electron chi connectivity index (χ0n) is 10.9. The van der Waals surface area contributed by atoms with E-state index in [9.17, 15) is 0 Å². The van der Waals surface area contributed by atoms with E-state index in [1.165, 1.54) is 31.3 Å². The van der Waals surface area contributed by atoms with Crippen molar-refractivity contribution >= 4 is 0 Å². The summed E-state index contributed by atoms with van der Waals surface area (Å²) in [5, 5.41) is 0. The maximum atomic E-state index is 4.27. The lowest BCUT2D eigenvalue weighted by Gasteiger charge is -2.25. The first-order valence-electron chi connectivity index (χ1n) is 6.45. The van der Waals surface area contributed by atoms with Gasteiger partial charge < -0.3 is 0 Å². The second-order valence-corrected chi connectivity index (χ2v) is 4.65. The van der Waals surface area contributed by atoms with E-state index < -0.39 is 0 Å². The Morgan fingerprint density at radius 1 is 1.20 bits per heavy atom. The zero-order chi connectivity index (χ0) is 11.7. The van der Waals surface area contributed by atoms with E-state index >= 15 is 0 Å². The summed E-state index contributed by atoms with van der Waals surface area (Å²) in [5.74, 6) is 1.53. The Morgan fingerprint density at radius 2 is 1.80 bits per heavy atom. The Morgan fingerprint density at radius 3 is 2.27 bits per heavy atom. The molecule has 0 saturated heterocycles. The average molecular weight is 208 g/mol. The molecular weight excluding hydrogens is 180 g/mol. The Labute approximate surface area is 96.5 Å². The van der Waals surface area contributed by atoms with Gasteiger partial charge in [0, 0.05) is 0 Å². The molecule has 0 aromatic carbocycles. The number of rotatable bonds is 9. The van der Waals surface area contributed by atoms with Crippen LogP contribution in [0.2, 0.25) is 0 Å². The number of allylic oxidation sites excluding steroid dienone is 2. The maximum Gasteiger partial charge on any atom is -0.0180 e. The van der Waals surface area contributed by atoms with Crippen molar-refractivity contribution < 1.29 is 0 Å². The lowest BCUT2D eigenvalue weighted by atomic mass is 9.80. The fraction of sp³-hybridized carbons (Fsp3) is 0.733. The van der Waals surface area contributed by atoms with Gasteiger partial charge in [-0.1, -0.05) is 58.3 Å². The first-order valence-corrected chi connectivity index (χ1v) is 6.45. The minimum Gasteiger partial charge on any atom is -0.103 e. The second-order valence-electron chi connectivity index (χ2n) is 4.65. The normalized spacial score (nSPS) is 14.6. The molecule has 2 unspecified atom stereocenters. The van der Waals surface area contributed by atoms with E-state index in [1.807, 2.05) is 6.08 Å². The molecule has 0 rings (SSSR count). The molecule has 0 fully saturated rings. The van der Waals surface area contributed by atoms with E-state index in [0.717, 1.165) is 24.7 Å². The molecule has 0 N–H and O–H groups in total. The SMILES string of the molecule is C=CCCC(=C)C(CCC)C(C)CCC. The van der Waals surface area contributed by atoms with Crippen LogP contribution in [0.1, 0.15) is 59.3 Å². The minimum atomic E-state index is 0.731. The third-order valence-corrected chi connectivity index (χ3v) is 3.22. The molecule has 15 heavy (non-hydrogen) atoms. The van der Waals surface area contributed by atoms with Crippen LogP contribution < -0.4 is 0 Å². The van der Waals surface area contributed by atoms with Gasteiger partial charge in [0.05, 0.1) is 0 Å². The minimum absolute atomic E-state index is 0.731. The van der Waals surface area contributed by atoms with Crippen molar-refractivity contribution in [3.8, 4) is 0 Å². The fourth-order valence-corrected chi connectivity index (χ4v) is 2.33. The predicted octanol–water partition coefficient (Wildman–Crippen LogP) is 5.36. The van der Waals surface area contributed by atoms with Crippen molar-refractivity contribution in [2.24, 2.45) is 11.8 Å². The first-order chi connectivity index (χ1) is 7.17. The van der Waals surface area contributed by atoms with E-state index in [2.05, 4.69) is 33.9 Å². The van der Waals surface area contributed by atoms with Gasteiger partial charge in [0.2, 0.25) is 0 Å². The summed E-state index contributed by atoms with van der Waals surface area (Å²) in [6.45, 7) is 15.0. The molecule has 0 saturated carbocycles. The molecule has 0 aromatic rings. The van der Waals surface area contributed by atoms with E-state index in [1.54, 1.807) is 0 Å². The van der Waals surface area contributed by atoms with Gasteiger partial charge >= 0.3 is 0 Å². The molecule has 0 heterocycles. The Bertz CT molecular complexity index is 178. The van der Waals surface area contributed by atoms with Crippen LogP contribution in [-0.2, 0) is 0 Å². The smallest absolute Gasteiger partial charge is 0.0180 e. The van der Waals surface area contributed by atoms with Crippen LogP contribution in [0.25, 0.3) is 0 Å². The van der Waals surface area contributed by atoms with Crippen LogP contribution >= 0.6 is 0 Å². The largest absolute Gasteiger partial charge is 0.103 e. The van der Waals surface area contributed by atoms with E-state index in [-0.39, 0.29) is 0 Å². The van der Waals surface area contributed by atoms with Crippen LogP contribution in [0.4, 0.5) is 0 Å². The van der Waals surface area contributed by atoms with Crippen molar-refractivity contribution in [3.05, 3.63) is 24.8 Å². The second kappa shape index (κ2) is 8.76. The molecule has 0 aliphatic carbocycles. The van der Waals surface area contributed by atoms with Crippen LogP contribution in [0.15, 0.2) is 24.8 Å². The van der Waals surface area contributed by atoms with Gasteiger partial charge in [0.25, 0.3) is 0 Å². The van der Waals surface area contributed by atoms with Crippen molar-refractivity contribution in [3.63, 3.8) is 0 Å². The standard InChI is InChI=1S/C15H28/c1-6-9-12-14(5)15(11-8-3)13(4)10-7-2/h6,13,15H,1,5,7-12H2,2-4H3. The molecule has 0 bridgehead atoms. The van der Waals surface area contributed by atoms with Crippen LogP contribution in [-0.4, -0.2) is 0 Å². The lowest BCUT2D eigenvalue weighted by Crippen LogP contribution is -2.14. The maximum absolute atomic E-state index is 4.27. The molecule has 0 aliphatic heterocycles. The molecule has 0 aliphatic rings. The topological polar surface area (TPSA) is 0 Å². The summed E-state index contributed by atoms with van der Waals surface area (Å²) in [7, 11) is 0. The highest BCUT2D eigenvalue weighted by molar-refractivity contribution is 5.03. The van der Waals surface area contributed by atoms with Crippen molar-refractivity contribution in [1.82, 2.24) is 0 Å². The molecule has 0 radical (unpaired) electrons. The van der Waals surface area contributed by atoms with Crippen LogP contribution in [0, 0.1) is 11.8 Å². The van der Waals surface area contributed by atoms with E-state index in [4.69, 9.17) is 0 Å². The molecule has 0 amide bonds. The van der Waals surface area contributed by atoms with Gasteiger partial charge in [0.15, 0.2) is 0 Å². The molecule has 88 valence electrons. The summed E-state index contributed by atoms with van der Waals surface area (Å²) in [4.78, 5) is 0. The van der Waals surface area contributed by atoms with Gasteiger partial charge in [-0.05, 0) is 31.1 Å². The number of hydrogen-bond acceptors (Lipinski definition) is 0. The molecular formula is C15H28. The van der Waals surface area contributed by atoms with Gasteiger partial charge in [-0.2, -0.15) is 0 Å². The molecule has 0 aromatic heterocycles. The van der Waals surface area contributed by atoms with Crippen molar-refractivity contribution in [2.75, 3.05) is 0 Å². The molecule has 0 heteroatoms. The molecule has 0 nitrogen and oxygen atoms in total. The van der Waals surface area contributed by atoms with Crippen LogP contribution in [0.3, 0.4) is 0 Å². The highest BCUT2D eigenvalue weighted by atomic mass is 14.2. The van der Waals surface area contributed by atoms with Gasteiger partial charge in [0.1, 0.15) is 0 Å². The predicted molar refractivity (Wildman–Crippen MR) is 71.0 cm³/mol. The van der Waals surface area contributed by atoms with Gasteiger partial charge in [-0.15, -0.1) is 6.58 Å². The summed E-state index contributed by atoms with van der Waals surface area (Å²) < 4.78 is 0. The van der Waals surface area contributed by atoms with Crippen molar-refractivity contribution in [1.29, 1.82) is 0 Å². The Kier molecular flexibility index (Phi) is 8.46. The van der Waals surface area contributed by atoms with Crippen LogP contribution in [0.5, 0.6) is 0 Å². The third kappa shape index (κ3) is 5.81. The Balaban J connectivity index is 4.22. The first kappa shape index (κ1) is 14.5. The third-order valence-electron chi connectivity index (χ3n) is 3.22. The fourth-order valence-electron chi connectivity index (χ4n) is 2.33. The highest BCUT2D eigenvalue weighted by Gasteiger charge is 2.18. The van der Waals surface area contributed by atoms with Gasteiger partial charge in [-0.25, -0.2) is 0 Å². The van der Waals surface area contributed by atoms with E-state index in [0.29, 0.717) is 0 Å². The molecule has 2 atom stereocenters. The average Bonchev–Trinajstić information content (AvgIpc) is 2.22.